The van der Waals surface area contributed by atoms with Gasteiger partial charge in [0.05, 0.1) is 16.5 Å². The number of sulfonamides is 1. The number of rotatable bonds is 4. The Hall–Kier alpha value is -1.61. The molecule has 0 spiro atoms. The second-order valence-electron chi connectivity index (χ2n) is 6.21. The van der Waals surface area contributed by atoms with Gasteiger partial charge in [-0.2, -0.15) is 17.9 Å². The molecule has 1 saturated heterocycles. The molecule has 1 fully saturated rings. The third kappa shape index (κ3) is 4.52. The van der Waals surface area contributed by atoms with E-state index in [1.54, 1.807) is 4.90 Å². The molecule has 5 nitrogen and oxygen atoms in total. The Morgan fingerprint density at radius 3 is 2.52 bits per heavy atom. The summed E-state index contributed by atoms with van der Waals surface area (Å²) in [6.07, 6.45) is -2.17. The Balaban J connectivity index is 2.23. The van der Waals surface area contributed by atoms with Crippen molar-refractivity contribution < 1.29 is 26.4 Å². The molecule has 0 bridgehead atoms. The van der Waals surface area contributed by atoms with Crippen LogP contribution in [0, 0.1) is 0 Å². The molecular formula is C16H21F3N2O3S. The van der Waals surface area contributed by atoms with Crippen LogP contribution in [0.25, 0.3) is 0 Å². The number of carbonyl (C=O) groups is 1. The minimum absolute atomic E-state index is 0.0179. The van der Waals surface area contributed by atoms with Crippen LogP contribution in [-0.2, 0) is 21.0 Å². The van der Waals surface area contributed by atoms with E-state index in [4.69, 9.17) is 0 Å². The Morgan fingerprint density at radius 2 is 1.92 bits per heavy atom. The molecule has 0 aliphatic carbocycles. The van der Waals surface area contributed by atoms with Gasteiger partial charge in [0.1, 0.15) is 0 Å². The highest BCUT2D eigenvalue weighted by atomic mass is 32.2. The van der Waals surface area contributed by atoms with Crippen LogP contribution in [0.3, 0.4) is 0 Å². The largest absolute Gasteiger partial charge is 0.417 e. The number of nitrogens with zero attached hydrogens (tertiary/aromatic N) is 1. The molecule has 1 amide bonds. The van der Waals surface area contributed by atoms with E-state index in [0.29, 0.717) is 12.6 Å². The summed E-state index contributed by atoms with van der Waals surface area (Å²) in [7, 11) is -4.49. The summed E-state index contributed by atoms with van der Waals surface area (Å²) in [4.78, 5) is 13.2. The zero-order chi connectivity index (χ0) is 18.8. The third-order valence-corrected chi connectivity index (χ3v) is 5.87. The lowest BCUT2D eigenvalue weighted by molar-refractivity contribution is -0.139. The lowest BCUT2D eigenvalue weighted by atomic mass is 10.0. The van der Waals surface area contributed by atoms with Gasteiger partial charge in [-0.3, -0.25) is 4.79 Å². The maximum atomic E-state index is 13.0. The Morgan fingerprint density at radius 1 is 1.28 bits per heavy atom. The van der Waals surface area contributed by atoms with E-state index in [1.165, 1.54) is 13.0 Å². The smallest absolute Gasteiger partial charge is 0.339 e. The first-order valence-electron chi connectivity index (χ1n) is 8.03. The topological polar surface area (TPSA) is 66.5 Å². The van der Waals surface area contributed by atoms with Gasteiger partial charge in [0, 0.05) is 12.6 Å². The lowest BCUT2D eigenvalue weighted by Gasteiger charge is -2.35. The van der Waals surface area contributed by atoms with Gasteiger partial charge in [-0.1, -0.05) is 12.1 Å². The molecule has 2 atom stereocenters. The van der Waals surface area contributed by atoms with Gasteiger partial charge in [0.2, 0.25) is 15.9 Å². The second-order valence-corrected chi connectivity index (χ2v) is 7.90. The number of piperidine rings is 1. The van der Waals surface area contributed by atoms with Crippen molar-refractivity contribution in [1.29, 1.82) is 0 Å². The number of likely N-dealkylation sites (tertiary alicyclic amines) is 1. The normalized spacial score (nSPS) is 20.4. The highest BCUT2D eigenvalue weighted by molar-refractivity contribution is 7.89. The number of hydrogen-bond acceptors (Lipinski definition) is 3. The molecule has 9 heteroatoms. The van der Waals surface area contributed by atoms with Crippen molar-refractivity contribution in [3.05, 3.63) is 29.8 Å². The van der Waals surface area contributed by atoms with Gasteiger partial charge in [0.25, 0.3) is 0 Å². The van der Waals surface area contributed by atoms with Gasteiger partial charge < -0.3 is 4.90 Å². The van der Waals surface area contributed by atoms with Crippen LogP contribution in [0.15, 0.2) is 29.2 Å². The average Bonchev–Trinajstić information content (AvgIpc) is 2.53. The summed E-state index contributed by atoms with van der Waals surface area (Å²) in [6.45, 7) is 3.74. The number of amides is 1. The van der Waals surface area contributed by atoms with Crippen LogP contribution >= 0.6 is 0 Å². The van der Waals surface area contributed by atoms with Crippen LogP contribution in [0.1, 0.15) is 38.7 Å². The fourth-order valence-electron chi connectivity index (χ4n) is 2.96. The van der Waals surface area contributed by atoms with Gasteiger partial charge in [-0.05, 0) is 45.2 Å². The van der Waals surface area contributed by atoms with E-state index in [2.05, 4.69) is 4.72 Å². The molecule has 1 N–H and O–H groups in total. The molecule has 1 aliphatic rings. The fraction of sp³-hybridized carbons (Fsp3) is 0.562. The van der Waals surface area contributed by atoms with Gasteiger partial charge in [-0.25, -0.2) is 8.42 Å². The Kier molecular flexibility index (Phi) is 5.78. The SMILES string of the molecule is CC(NS(=O)(=O)c1ccccc1C(F)(F)F)C(=O)N1CCCCC1C. The Labute approximate surface area is 145 Å². The predicted octanol–water partition coefficient (Wildman–Crippen LogP) is 2.77. The molecule has 0 aromatic heterocycles. The van der Waals surface area contributed by atoms with Crippen LogP contribution < -0.4 is 4.72 Å². The first-order chi connectivity index (χ1) is 11.5. The number of halogens is 3. The number of hydrogen-bond donors (Lipinski definition) is 1. The van der Waals surface area contributed by atoms with Crippen LogP contribution in [0.2, 0.25) is 0 Å². The zero-order valence-corrected chi connectivity index (χ0v) is 14.8. The molecule has 1 heterocycles. The summed E-state index contributed by atoms with van der Waals surface area (Å²) in [5.74, 6) is -0.430. The molecule has 1 aromatic rings. The maximum Gasteiger partial charge on any atom is 0.417 e. The average molecular weight is 378 g/mol. The fourth-order valence-corrected chi connectivity index (χ4v) is 4.38. The van der Waals surface area contributed by atoms with Crippen molar-refractivity contribution in [2.75, 3.05) is 6.54 Å². The number of carbonyl (C=O) groups excluding carboxylic acids is 1. The summed E-state index contributed by atoms with van der Waals surface area (Å²) in [5.41, 5.74) is -1.26. The predicted molar refractivity (Wildman–Crippen MR) is 86.3 cm³/mol. The van der Waals surface area contributed by atoms with E-state index in [9.17, 15) is 26.4 Å². The van der Waals surface area contributed by atoms with Crippen LogP contribution in [0.5, 0.6) is 0 Å². The van der Waals surface area contributed by atoms with Crippen molar-refractivity contribution in [3.8, 4) is 0 Å². The molecule has 0 radical (unpaired) electrons. The van der Waals surface area contributed by atoms with Crippen molar-refractivity contribution in [2.24, 2.45) is 0 Å². The van der Waals surface area contributed by atoms with Crippen molar-refractivity contribution in [2.45, 2.75) is 56.3 Å². The van der Waals surface area contributed by atoms with Gasteiger partial charge in [-0.15, -0.1) is 0 Å². The van der Waals surface area contributed by atoms with Crippen molar-refractivity contribution in [3.63, 3.8) is 0 Å². The monoisotopic (exact) mass is 378 g/mol. The van der Waals surface area contributed by atoms with Crippen LogP contribution in [0.4, 0.5) is 13.2 Å². The minimum Gasteiger partial charge on any atom is -0.339 e. The quantitative estimate of drug-likeness (QED) is 0.876. The first-order valence-corrected chi connectivity index (χ1v) is 9.51. The highest BCUT2D eigenvalue weighted by Gasteiger charge is 2.38. The van der Waals surface area contributed by atoms with E-state index in [0.717, 1.165) is 31.4 Å². The second kappa shape index (κ2) is 7.33. The van der Waals surface area contributed by atoms with E-state index >= 15 is 0 Å². The molecule has 0 saturated carbocycles. The molecular weight excluding hydrogens is 357 g/mol. The number of nitrogens with one attached hydrogen (secondary N) is 1. The summed E-state index contributed by atoms with van der Waals surface area (Å²) in [5, 5.41) is 0. The molecule has 1 aromatic carbocycles. The Bertz CT molecular complexity index is 734. The number of benzene rings is 1. The van der Waals surface area contributed by atoms with E-state index in [1.807, 2.05) is 6.92 Å². The number of alkyl halides is 3. The zero-order valence-electron chi connectivity index (χ0n) is 14.0. The maximum absolute atomic E-state index is 13.0. The minimum atomic E-state index is -4.81. The molecule has 2 rings (SSSR count). The van der Waals surface area contributed by atoms with E-state index in [-0.39, 0.29) is 6.04 Å². The van der Waals surface area contributed by atoms with E-state index < -0.39 is 38.6 Å². The summed E-state index contributed by atoms with van der Waals surface area (Å²) in [6, 6.07) is 2.75. The molecule has 1 aliphatic heterocycles. The van der Waals surface area contributed by atoms with Crippen LogP contribution in [-0.4, -0.2) is 37.9 Å². The van der Waals surface area contributed by atoms with Crippen molar-refractivity contribution >= 4 is 15.9 Å². The standard InChI is InChI=1S/C16H21F3N2O3S/c1-11-7-5-6-10-21(11)15(22)12(2)20-25(23,24)14-9-4-3-8-13(14)16(17,18)19/h3-4,8-9,11-12,20H,5-7,10H2,1-2H3. The van der Waals surface area contributed by atoms with Crippen molar-refractivity contribution in [1.82, 2.24) is 9.62 Å². The highest BCUT2D eigenvalue weighted by Crippen LogP contribution is 2.34. The van der Waals surface area contributed by atoms with Gasteiger partial charge in [0.15, 0.2) is 0 Å². The third-order valence-electron chi connectivity index (χ3n) is 4.27. The van der Waals surface area contributed by atoms with Gasteiger partial charge >= 0.3 is 6.18 Å². The summed E-state index contributed by atoms with van der Waals surface area (Å²) >= 11 is 0. The lowest BCUT2D eigenvalue weighted by Crippen LogP contribution is -2.51. The summed E-state index contributed by atoms with van der Waals surface area (Å²) < 4.78 is 66.0. The molecule has 140 valence electrons. The first kappa shape index (κ1) is 19.7. The molecule has 25 heavy (non-hydrogen) atoms. The molecule has 2 unspecified atom stereocenters.